The number of fused-ring (bicyclic) bond motifs is 1. The Hall–Kier alpha value is -1.65. The molecule has 2 N–H and O–H groups in total. The van der Waals surface area contributed by atoms with Crippen LogP contribution in [0.3, 0.4) is 0 Å². The Morgan fingerprint density at radius 1 is 1.35 bits per heavy atom. The van der Waals surface area contributed by atoms with Crippen molar-refractivity contribution in [1.82, 2.24) is 10.3 Å². The summed E-state index contributed by atoms with van der Waals surface area (Å²) in [6, 6.07) is 7.39. The van der Waals surface area contributed by atoms with Gasteiger partial charge in [-0.25, -0.2) is 4.98 Å². The molecule has 2 rings (SSSR count). The van der Waals surface area contributed by atoms with E-state index in [4.69, 9.17) is 16.7 Å². The minimum atomic E-state index is -0.480. The summed E-state index contributed by atoms with van der Waals surface area (Å²) < 4.78 is 0. The molecule has 1 heterocycles. The Bertz CT molecular complexity index is 641. The van der Waals surface area contributed by atoms with Crippen molar-refractivity contribution in [2.24, 2.45) is 0 Å². The number of aromatic nitrogens is 1. The van der Waals surface area contributed by atoms with Crippen molar-refractivity contribution in [1.29, 1.82) is 0 Å². The average molecular weight is 293 g/mol. The lowest BCUT2D eigenvalue weighted by Crippen LogP contribution is -2.44. The minimum absolute atomic E-state index is 0.0207. The van der Waals surface area contributed by atoms with Crippen molar-refractivity contribution < 1.29 is 9.90 Å². The fraction of sp³-hybridized carbons (Fsp3) is 0.333. The van der Waals surface area contributed by atoms with Gasteiger partial charge in [-0.2, -0.15) is 0 Å². The van der Waals surface area contributed by atoms with Crippen LogP contribution in [0.4, 0.5) is 0 Å². The second kappa shape index (κ2) is 5.77. The maximum absolute atomic E-state index is 12.4. The van der Waals surface area contributed by atoms with Crippen LogP contribution in [-0.2, 0) is 0 Å². The molecular weight excluding hydrogens is 276 g/mol. The molecule has 0 saturated carbocycles. The van der Waals surface area contributed by atoms with Gasteiger partial charge >= 0.3 is 0 Å². The Morgan fingerprint density at radius 3 is 2.65 bits per heavy atom. The van der Waals surface area contributed by atoms with E-state index in [2.05, 4.69) is 10.3 Å². The van der Waals surface area contributed by atoms with Gasteiger partial charge in [0.15, 0.2) is 0 Å². The van der Waals surface area contributed by atoms with E-state index in [9.17, 15) is 4.79 Å². The molecule has 4 nitrogen and oxygen atoms in total. The van der Waals surface area contributed by atoms with E-state index in [1.165, 1.54) is 6.20 Å². The number of pyridine rings is 1. The molecule has 0 aliphatic rings. The number of halogens is 1. The smallest absolute Gasteiger partial charge is 0.253 e. The monoisotopic (exact) mass is 292 g/mol. The molecule has 0 radical (unpaired) electrons. The van der Waals surface area contributed by atoms with Gasteiger partial charge in [-0.05, 0) is 25.7 Å². The first kappa shape index (κ1) is 14.8. The summed E-state index contributed by atoms with van der Waals surface area (Å²) in [7, 11) is 0. The van der Waals surface area contributed by atoms with Gasteiger partial charge in [0.25, 0.3) is 5.91 Å². The summed E-state index contributed by atoms with van der Waals surface area (Å²) >= 11 is 6.04. The van der Waals surface area contributed by atoms with Crippen molar-refractivity contribution >= 4 is 28.3 Å². The number of benzene rings is 1. The molecule has 20 heavy (non-hydrogen) atoms. The van der Waals surface area contributed by atoms with Crippen LogP contribution in [0.5, 0.6) is 0 Å². The Balaban J connectivity index is 2.38. The van der Waals surface area contributed by atoms with Crippen LogP contribution in [0.2, 0.25) is 5.15 Å². The third-order valence-corrected chi connectivity index (χ3v) is 3.48. The lowest BCUT2D eigenvalue weighted by molar-refractivity contribution is 0.0901. The maximum atomic E-state index is 12.4. The molecule has 0 aliphatic carbocycles. The molecule has 0 spiro atoms. The summed E-state index contributed by atoms with van der Waals surface area (Å²) in [5, 5.41) is 13.8. The van der Waals surface area contributed by atoms with Crippen molar-refractivity contribution in [2.75, 3.05) is 6.61 Å². The lowest BCUT2D eigenvalue weighted by atomic mass is 10.00. The van der Waals surface area contributed by atoms with Crippen LogP contribution in [-0.4, -0.2) is 28.1 Å². The van der Waals surface area contributed by atoms with Crippen LogP contribution in [0, 0.1) is 0 Å². The number of hydrogen-bond donors (Lipinski definition) is 2. The van der Waals surface area contributed by atoms with Crippen LogP contribution in [0.25, 0.3) is 10.8 Å². The highest BCUT2D eigenvalue weighted by atomic mass is 35.5. The summed E-state index contributed by atoms with van der Waals surface area (Å²) in [6.45, 7) is 3.76. The molecule has 1 aromatic heterocycles. The molecular formula is C15H17ClN2O2. The summed E-state index contributed by atoms with van der Waals surface area (Å²) in [4.78, 5) is 16.4. The molecule has 1 amide bonds. The quantitative estimate of drug-likeness (QED) is 0.852. The van der Waals surface area contributed by atoms with Crippen molar-refractivity contribution in [3.63, 3.8) is 0 Å². The second-order valence-corrected chi connectivity index (χ2v) is 5.68. The maximum Gasteiger partial charge on any atom is 0.253 e. The number of carbonyl (C=O) groups is 1. The van der Waals surface area contributed by atoms with Gasteiger partial charge in [-0.3, -0.25) is 4.79 Å². The standard InChI is InChI=1S/C15H17ClN2O2/c1-15(2,7-8-19)18-14(20)12-9-17-13(16)11-6-4-3-5-10(11)12/h3-6,9,19H,7-8H2,1-2H3,(H,18,20). The molecule has 0 unspecified atom stereocenters. The highest BCUT2D eigenvalue weighted by molar-refractivity contribution is 6.34. The van der Waals surface area contributed by atoms with Gasteiger partial charge < -0.3 is 10.4 Å². The van der Waals surface area contributed by atoms with Gasteiger partial charge in [0.05, 0.1) is 5.56 Å². The zero-order valence-electron chi connectivity index (χ0n) is 11.5. The van der Waals surface area contributed by atoms with Crippen LogP contribution >= 0.6 is 11.6 Å². The van der Waals surface area contributed by atoms with E-state index in [1.807, 2.05) is 38.1 Å². The molecule has 0 saturated heterocycles. The zero-order valence-corrected chi connectivity index (χ0v) is 12.2. The normalized spacial score (nSPS) is 11.6. The molecule has 2 aromatic rings. The second-order valence-electron chi connectivity index (χ2n) is 5.32. The summed E-state index contributed by atoms with van der Waals surface area (Å²) in [5.74, 6) is -0.219. The number of nitrogens with zero attached hydrogens (tertiary/aromatic N) is 1. The van der Waals surface area contributed by atoms with Crippen LogP contribution in [0.15, 0.2) is 30.5 Å². The predicted octanol–water partition coefficient (Wildman–Crippen LogP) is 2.78. The highest BCUT2D eigenvalue weighted by Crippen LogP contribution is 2.24. The van der Waals surface area contributed by atoms with Gasteiger partial charge in [0, 0.05) is 23.7 Å². The number of aliphatic hydroxyl groups is 1. The van der Waals surface area contributed by atoms with E-state index in [1.54, 1.807) is 0 Å². The summed E-state index contributed by atoms with van der Waals surface area (Å²) in [6.07, 6.45) is 1.96. The molecule has 5 heteroatoms. The van der Waals surface area contributed by atoms with Crippen molar-refractivity contribution in [3.05, 3.63) is 41.2 Å². The Kier molecular flexibility index (Phi) is 4.26. The van der Waals surface area contributed by atoms with Gasteiger partial charge in [-0.1, -0.05) is 35.9 Å². The first-order valence-corrected chi connectivity index (χ1v) is 6.79. The fourth-order valence-electron chi connectivity index (χ4n) is 2.06. The summed E-state index contributed by atoms with van der Waals surface area (Å²) in [5.41, 5.74) is 0.00283. The molecule has 0 bridgehead atoms. The van der Waals surface area contributed by atoms with E-state index >= 15 is 0 Å². The number of nitrogens with one attached hydrogen (secondary N) is 1. The van der Waals surface area contributed by atoms with E-state index in [-0.39, 0.29) is 12.5 Å². The SMILES string of the molecule is CC(C)(CCO)NC(=O)c1cnc(Cl)c2ccccc12. The van der Waals surface area contributed by atoms with Gasteiger partial charge in [-0.15, -0.1) is 0 Å². The Labute approximate surface area is 122 Å². The number of rotatable bonds is 4. The molecule has 0 fully saturated rings. The van der Waals surface area contributed by atoms with Crippen LogP contribution < -0.4 is 5.32 Å². The number of hydrogen-bond acceptors (Lipinski definition) is 3. The fourth-order valence-corrected chi connectivity index (χ4v) is 2.27. The highest BCUT2D eigenvalue weighted by Gasteiger charge is 2.22. The van der Waals surface area contributed by atoms with E-state index in [0.29, 0.717) is 17.1 Å². The minimum Gasteiger partial charge on any atom is -0.396 e. The van der Waals surface area contributed by atoms with Gasteiger partial charge in [0.2, 0.25) is 0 Å². The lowest BCUT2D eigenvalue weighted by Gasteiger charge is -2.25. The molecule has 0 aliphatic heterocycles. The molecule has 1 aromatic carbocycles. The molecule has 0 atom stereocenters. The zero-order chi connectivity index (χ0) is 14.8. The average Bonchev–Trinajstić information content (AvgIpc) is 2.38. The predicted molar refractivity (Wildman–Crippen MR) is 80.0 cm³/mol. The number of aliphatic hydroxyl groups excluding tert-OH is 1. The largest absolute Gasteiger partial charge is 0.396 e. The number of carbonyl (C=O) groups excluding carboxylic acids is 1. The molecule has 106 valence electrons. The number of amides is 1. The topological polar surface area (TPSA) is 62.2 Å². The third kappa shape index (κ3) is 3.08. The van der Waals surface area contributed by atoms with Gasteiger partial charge in [0.1, 0.15) is 5.15 Å². The van der Waals surface area contributed by atoms with Crippen molar-refractivity contribution in [3.8, 4) is 0 Å². The van der Waals surface area contributed by atoms with E-state index < -0.39 is 5.54 Å². The first-order chi connectivity index (χ1) is 9.44. The Morgan fingerprint density at radius 2 is 2.00 bits per heavy atom. The third-order valence-electron chi connectivity index (χ3n) is 3.18. The first-order valence-electron chi connectivity index (χ1n) is 6.41. The van der Waals surface area contributed by atoms with Crippen LogP contribution in [0.1, 0.15) is 30.6 Å². The van der Waals surface area contributed by atoms with E-state index in [0.717, 1.165) is 10.8 Å². The van der Waals surface area contributed by atoms with Crippen molar-refractivity contribution in [2.45, 2.75) is 25.8 Å².